The minimum atomic E-state index is -3.65. The molecule has 7 heteroatoms. The maximum atomic E-state index is 12.6. The molecule has 3 rings (SSSR count). The van der Waals surface area contributed by atoms with Crippen LogP contribution in [-0.2, 0) is 10.0 Å². The van der Waals surface area contributed by atoms with Gasteiger partial charge in [0.2, 0.25) is 10.0 Å². The first-order valence-corrected chi connectivity index (χ1v) is 8.13. The number of hydrogen-bond donors (Lipinski definition) is 1. The number of benzene rings is 1. The number of sulfonamides is 1. The molecular formula is C14H15NO5S. The molecule has 0 bridgehead atoms. The van der Waals surface area contributed by atoms with Crippen LogP contribution in [0, 0.1) is 0 Å². The molecule has 1 aliphatic heterocycles. The molecule has 2 heterocycles. The molecule has 0 saturated carbocycles. The zero-order chi connectivity index (χ0) is 15.0. The summed E-state index contributed by atoms with van der Waals surface area (Å²) in [6, 6.07) is 6.82. The first kappa shape index (κ1) is 14.2. The molecule has 2 aromatic rings. The quantitative estimate of drug-likeness (QED) is 0.853. The standard InChI is InChI=1S/C14H15NO5S/c16-9-11-2-1-7-15(11)21(18,19)12-4-5-13-10(8-12)3-6-14(17)20-13/h3-6,8,11,16H,1-2,7,9H2/t11-/m0/s1. The Labute approximate surface area is 121 Å². The van der Waals surface area contributed by atoms with Gasteiger partial charge in [0.15, 0.2) is 0 Å². The molecule has 0 unspecified atom stereocenters. The molecule has 0 radical (unpaired) electrons. The summed E-state index contributed by atoms with van der Waals surface area (Å²) in [4.78, 5) is 11.3. The Bertz CT molecular complexity index is 827. The van der Waals surface area contributed by atoms with E-state index in [2.05, 4.69) is 0 Å². The van der Waals surface area contributed by atoms with E-state index in [1.165, 1.54) is 34.6 Å². The third-order valence-corrected chi connectivity index (χ3v) is 5.68. The fourth-order valence-electron chi connectivity index (χ4n) is 2.65. The first-order valence-electron chi connectivity index (χ1n) is 6.69. The number of aliphatic hydroxyl groups excluding tert-OH is 1. The molecule has 1 aromatic carbocycles. The fourth-order valence-corrected chi connectivity index (χ4v) is 4.37. The lowest BCUT2D eigenvalue weighted by Gasteiger charge is -2.22. The van der Waals surface area contributed by atoms with Crippen molar-refractivity contribution in [2.45, 2.75) is 23.8 Å². The molecule has 0 spiro atoms. The second-order valence-corrected chi connectivity index (χ2v) is 6.94. The number of aliphatic hydroxyl groups is 1. The van der Waals surface area contributed by atoms with Gasteiger partial charge in [0, 0.05) is 24.0 Å². The summed E-state index contributed by atoms with van der Waals surface area (Å²) in [5.74, 6) is 0. The Balaban J connectivity index is 2.06. The lowest BCUT2D eigenvalue weighted by Crippen LogP contribution is -2.37. The predicted molar refractivity (Wildman–Crippen MR) is 76.5 cm³/mol. The lowest BCUT2D eigenvalue weighted by atomic mass is 10.2. The van der Waals surface area contributed by atoms with Crippen molar-refractivity contribution in [2.75, 3.05) is 13.2 Å². The molecule has 0 amide bonds. The van der Waals surface area contributed by atoms with E-state index in [4.69, 9.17) is 4.42 Å². The van der Waals surface area contributed by atoms with Crippen molar-refractivity contribution < 1.29 is 17.9 Å². The van der Waals surface area contributed by atoms with Crippen molar-refractivity contribution in [3.05, 3.63) is 40.8 Å². The van der Waals surface area contributed by atoms with Gasteiger partial charge in [-0.2, -0.15) is 4.31 Å². The zero-order valence-corrected chi connectivity index (χ0v) is 12.0. The van der Waals surface area contributed by atoms with E-state index in [0.29, 0.717) is 23.9 Å². The Kier molecular flexibility index (Phi) is 3.56. The van der Waals surface area contributed by atoms with Crippen LogP contribution >= 0.6 is 0 Å². The molecule has 1 N–H and O–H groups in total. The molecule has 1 atom stereocenters. The van der Waals surface area contributed by atoms with Crippen molar-refractivity contribution in [3.8, 4) is 0 Å². The average Bonchev–Trinajstić information content (AvgIpc) is 2.95. The number of hydrogen-bond acceptors (Lipinski definition) is 5. The summed E-state index contributed by atoms with van der Waals surface area (Å²) in [5, 5.41) is 9.84. The van der Waals surface area contributed by atoms with Gasteiger partial charge in [0.05, 0.1) is 11.5 Å². The van der Waals surface area contributed by atoms with Gasteiger partial charge in [-0.25, -0.2) is 13.2 Å². The van der Waals surface area contributed by atoms with Crippen molar-refractivity contribution in [1.82, 2.24) is 4.31 Å². The zero-order valence-electron chi connectivity index (χ0n) is 11.2. The van der Waals surface area contributed by atoms with Crippen LogP contribution in [0.25, 0.3) is 11.0 Å². The SMILES string of the molecule is O=c1ccc2cc(S(=O)(=O)N3CCC[C@H]3CO)ccc2o1. The van der Waals surface area contributed by atoms with E-state index in [-0.39, 0.29) is 17.5 Å². The molecule has 1 aliphatic rings. The monoisotopic (exact) mass is 309 g/mol. The minimum Gasteiger partial charge on any atom is -0.423 e. The van der Waals surface area contributed by atoms with Gasteiger partial charge in [0.25, 0.3) is 0 Å². The van der Waals surface area contributed by atoms with E-state index in [1.54, 1.807) is 0 Å². The summed E-state index contributed by atoms with van der Waals surface area (Å²) in [6.07, 6.45) is 1.41. The molecule has 1 fully saturated rings. The molecule has 1 aromatic heterocycles. The predicted octanol–water partition coefficient (Wildman–Crippen LogP) is 0.938. The second-order valence-electron chi connectivity index (χ2n) is 5.05. The summed E-state index contributed by atoms with van der Waals surface area (Å²) in [6.45, 7) is 0.233. The van der Waals surface area contributed by atoms with Gasteiger partial charge in [-0.05, 0) is 37.1 Å². The van der Waals surface area contributed by atoms with Crippen LogP contribution in [-0.4, -0.2) is 37.0 Å². The van der Waals surface area contributed by atoms with Gasteiger partial charge >= 0.3 is 5.63 Å². The molecule has 1 saturated heterocycles. The van der Waals surface area contributed by atoms with Crippen LogP contribution in [0.2, 0.25) is 0 Å². The van der Waals surface area contributed by atoms with Gasteiger partial charge < -0.3 is 9.52 Å². The maximum Gasteiger partial charge on any atom is 0.336 e. The number of nitrogens with zero attached hydrogens (tertiary/aromatic N) is 1. The number of rotatable bonds is 3. The minimum absolute atomic E-state index is 0.143. The first-order chi connectivity index (χ1) is 10.0. The van der Waals surface area contributed by atoms with E-state index in [1.807, 2.05) is 0 Å². The highest BCUT2D eigenvalue weighted by molar-refractivity contribution is 7.89. The van der Waals surface area contributed by atoms with Crippen molar-refractivity contribution in [2.24, 2.45) is 0 Å². The smallest absolute Gasteiger partial charge is 0.336 e. The topological polar surface area (TPSA) is 87.8 Å². The van der Waals surface area contributed by atoms with Crippen LogP contribution in [0.5, 0.6) is 0 Å². The van der Waals surface area contributed by atoms with Crippen LogP contribution in [0.15, 0.2) is 44.4 Å². The highest BCUT2D eigenvalue weighted by Gasteiger charge is 2.34. The number of fused-ring (bicyclic) bond motifs is 1. The summed E-state index contributed by atoms with van der Waals surface area (Å²) in [5.41, 5.74) is -0.125. The van der Waals surface area contributed by atoms with Gasteiger partial charge in [0.1, 0.15) is 5.58 Å². The van der Waals surface area contributed by atoms with E-state index < -0.39 is 15.6 Å². The Morgan fingerprint density at radius 1 is 1.29 bits per heavy atom. The van der Waals surface area contributed by atoms with E-state index in [0.717, 1.165) is 6.42 Å². The van der Waals surface area contributed by atoms with E-state index >= 15 is 0 Å². The van der Waals surface area contributed by atoms with Gasteiger partial charge in [-0.1, -0.05) is 0 Å². The molecule has 112 valence electrons. The Hall–Kier alpha value is -1.70. The van der Waals surface area contributed by atoms with Crippen LogP contribution in [0.4, 0.5) is 0 Å². The van der Waals surface area contributed by atoms with Crippen LogP contribution in [0.3, 0.4) is 0 Å². The van der Waals surface area contributed by atoms with Crippen molar-refractivity contribution in [1.29, 1.82) is 0 Å². The van der Waals surface area contributed by atoms with Crippen molar-refractivity contribution >= 4 is 21.0 Å². The molecule has 0 aliphatic carbocycles. The highest BCUT2D eigenvalue weighted by Crippen LogP contribution is 2.27. The summed E-state index contributed by atoms with van der Waals surface area (Å²) >= 11 is 0. The van der Waals surface area contributed by atoms with Crippen LogP contribution < -0.4 is 5.63 Å². The summed E-state index contributed by atoms with van der Waals surface area (Å²) < 4.78 is 31.6. The Morgan fingerprint density at radius 2 is 2.10 bits per heavy atom. The molecule has 21 heavy (non-hydrogen) atoms. The molecule has 6 nitrogen and oxygen atoms in total. The second kappa shape index (κ2) is 5.25. The van der Waals surface area contributed by atoms with Crippen LogP contribution in [0.1, 0.15) is 12.8 Å². The largest absolute Gasteiger partial charge is 0.423 e. The third-order valence-electron chi connectivity index (χ3n) is 3.73. The van der Waals surface area contributed by atoms with E-state index in [9.17, 15) is 18.3 Å². The average molecular weight is 309 g/mol. The maximum absolute atomic E-state index is 12.6. The third kappa shape index (κ3) is 2.48. The normalized spacial score (nSPS) is 20.1. The van der Waals surface area contributed by atoms with Gasteiger partial charge in [-0.3, -0.25) is 0 Å². The lowest BCUT2D eigenvalue weighted by molar-refractivity contribution is 0.213. The molecular weight excluding hydrogens is 294 g/mol. The highest BCUT2D eigenvalue weighted by atomic mass is 32.2. The fraction of sp³-hybridized carbons (Fsp3) is 0.357. The summed E-state index contributed by atoms with van der Waals surface area (Å²) in [7, 11) is -3.65. The van der Waals surface area contributed by atoms with Crippen molar-refractivity contribution in [3.63, 3.8) is 0 Å². The Morgan fingerprint density at radius 3 is 2.86 bits per heavy atom. The van der Waals surface area contributed by atoms with Gasteiger partial charge in [-0.15, -0.1) is 0 Å².